The van der Waals surface area contributed by atoms with Crippen molar-refractivity contribution in [3.8, 4) is 0 Å². The first-order valence-electron chi connectivity index (χ1n) is 5.40. The van der Waals surface area contributed by atoms with Crippen molar-refractivity contribution in [2.45, 2.75) is 13.5 Å². The van der Waals surface area contributed by atoms with Crippen molar-refractivity contribution < 1.29 is 18.7 Å². The second kappa shape index (κ2) is 4.68. The molecule has 0 aliphatic carbocycles. The van der Waals surface area contributed by atoms with Crippen LogP contribution in [0, 0.1) is 18.6 Å². The Morgan fingerprint density at radius 3 is 2.68 bits per heavy atom. The Kier molecular flexibility index (Phi) is 3.20. The average molecular weight is 267 g/mol. The van der Waals surface area contributed by atoms with Crippen LogP contribution >= 0.6 is 0 Å². The molecular weight excluding hydrogens is 256 g/mol. The van der Waals surface area contributed by atoms with Crippen LogP contribution in [0.25, 0.3) is 0 Å². The van der Waals surface area contributed by atoms with Gasteiger partial charge in [-0.1, -0.05) is 6.07 Å². The van der Waals surface area contributed by atoms with Crippen LogP contribution in [-0.2, 0) is 6.54 Å². The van der Waals surface area contributed by atoms with Gasteiger partial charge in [0.25, 0.3) is 0 Å². The van der Waals surface area contributed by atoms with Gasteiger partial charge in [0.1, 0.15) is 17.5 Å². The van der Waals surface area contributed by atoms with Crippen LogP contribution in [-0.4, -0.2) is 20.9 Å². The van der Waals surface area contributed by atoms with Gasteiger partial charge < -0.3 is 10.8 Å². The summed E-state index contributed by atoms with van der Waals surface area (Å²) in [5.74, 6) is -2.48. The Hall–Kier alpha value is -2.44. The number of halogens is 2. The van der Waals surface area contributed by atoms with Crippen LogP contribution in [0.5, 0.6) is 0 Å². The molecular formula is C12H11F2N3O2. The molecule has 0 spiro atoms. The molecule has 3 N–H and O–H groups in total. The molecule has 2 rings (SSSR count). The maximum absolute atomic E-state index is 13.5. The average Bonchev–Trinajstić information content (AvgIpc) is 2.61. The molecule has 1 heterocycles. The van der Waals surface area contributed by atoms with Crippen molar-refractivity contribution in [2.24, 2.45) is 0 Å². The third-order valence-corrected chi connectivity index (χ3v) is 2.78. The predicted molar refractivity (Wildman–Crippen MR) is 63.8 cm³/mol. The highest BCUT2D eigenvalue weighted by Crippen LogP contribution is 2.18. The highest BCUT2D eigenvalue weighted by Gasteiger charge is 2.18. The maximum atomic E-state index is 13.5. The third-order valence-electron chi connectivity index (χ3n) is 2.78. The standard InChI is InChI=1S/C12H11F2N3O2/c1-6-10(12(18)19)16-17(11(6)15)5-7-2-3-8(13)4-9(7)14/h2-4H,5,15H2,1H3,(H,18,19). The highest BCUT2D eigenvalue weighted by atomic mass is 19.1. The summed E-state index contributed by atoms with van der Waals surface area (Å²) in [7, 11) is 0. The second-order valence-corrected chi connectivity index (χ2v) is 4.06. The van der Waals surface area contributed by atoms with Gasteiger partial charge in [0.15, 0.2) is 5.69 Å². The number of anilines is 1. The summed E-state index contributed by atoms with van der Waals surface area (Å²) in [5.41, 5.74) is 6.02. The van der Waals surface area contributed by atoms with Gasteiger partial charge >= 0.3 is 5.97 Å². The van der Waals surface area contributed by atoms with Crippen molar-refractivity contribution >= 4 is 11.8 Å². The zero-order valence-electron chi connectivity index (χ0n) is 10.0. The van der Waals surface area contributed by atoms with Crippen molar-refractivity contribution in [2.75, 3.05) is 5.73 Å². The van der Waals surface area contributed by atoms with Gasteiger partial charge in [-0.15, -0.1) is 0 Å². The van der Waals surface area contributed by atoms with E-state index < -0.39 is 17.6 Å². The predicted octanol–water partition coefficient (Wildman–Crippen LogP) is 1.80. The molecule has 1 aromatic carbocycles. The van der Waals surface area contributed by atoms with E-state index in [1.54, 1.807) is 0 Å². The molecule has 0 saturated heterocycles. The summed E-state index contributed by atoms with van der Waals surface area (Å²) in [6.07, 6.45) is 0. The number of carboxylic acids is 1. The van der Waals surface area contributed by atoms with Crippen LogP contribution in [0.2, 0.25) is 0 Å². The Labute approximate surface area is 107 Å². The van der Waals surface area contributed by atoms with Crippen molar-refractivity contribution in [1.82, 2.24) is 9.78 Å². The Bertz CT molecular complexity index is 653. The van der Waals surface area contributed by atoms with E-state index in [2.05, 4.69) is 5.10 Å². The lowest BCUT2D eigenvalue weighted by Crippen LogP contribution is -2.08. The normalized spacial score (nSPS) is 10.7. The smallest absolute Gasteiger partial charge is 0.356 e. The van der Waals surface area contributed by atoms with E-state index in [-0.39, 0.29) is 23.6 Å². The van der Waals surface area contributed by atoms with E-state index in [0.29, 0.717) is 5.56 Å². The van der Waals surface area contributed by atoms with E-state index in [4.69, 9.17) is 10.8 Å². The van der Waals surface area contributed by atoms with Gasteiger partial charge in [-0.3, -0.25) is 0 Å². The van der Waals surface area contributed by atoms with Crippen LogP contribution in [0.15, 0.2) is 18.2 Å². The lowest BCUT2D eigenvalue weighted by atomic mass is 10.2. The molecule has 1 aromatic heterocycles. The maximum Gasteiger partial charge on any atom is 0.356 e. The number of hydrogen-bond donors (Lipinski definition) is 2. The molecule has 100 valence electrons. The number of rotatable bonds is 3. The number of benzene rings is 1. The molecule has 0 aliphatic heterocycles. The van der Waals surface area contributed by atoms with Crippen LogP contribution in [0.3, 0.4) is 0 Å². The zero-order valence-corrected chi connectivity index (χ0v) is 10.0. The fourth-order valence-corrected chi connectivity index (χ4v) is 1.70. The van der Waals surface area contributed by atoms with Crippen LogP contribution in [0.4, 0.5) is 14.6 Å². The lowest BCUT2D eigenvalue weighted by Gasteiger charge is -2.05. The quantitative estimate of drug-likeness (QED) is 0.888. The van der Waals surface area contributed by atoms with Crippen molar-refractivity contribution in [3.05, 3.63) is 46.7 Å². The minimum absolute atomic E-state index is 0.0634. The monoisotopic (exact) mass is 267 g/mol. The molecule has 2 aromatic rings. The molecule has 0 atom stereocenters. The summed E-state index contributed by atoms with van der Waals surface area (Å²) < 4.78 is 27.4. The van der Waals surface area contributed by atoms with Crippen LogP contribution < -0.4 is 5.73 Å². The molecule has 0 unspecified atom stereocenters. The number of aromatic carboxylic acids is 1. The number of carboxylic acid groups (broad SMARTS) is 1. The third kappa shape index (κ3) is 2.40. The SMILES string of the molecule is Cc1c(C(=O)O)nn(Cc2ccc(F)cc2F)c1N. The van der Waals surface area contributed by atoms with E-state index >= 15 is 0 Å². The molecule has 0 saturated carbocycles. The summed E-state index contributed by atoms with van der Waals surface area (Å²) in [6.45, 7) is 1.45. The molecule has 7 heteroatoms. The van der Waals surface area contributed by atoms with E-state index in [9.17, 15) is 13.6 Å². The van der Waals surface area contributed by atoms with Crippen LogP contribution in [0.1, 0.15) is 21.6 Å². The number of nitrogens with zero attached hydrogens (tertiary/aromatic N) is 2. The first kappa shape index (κ1) is 13.0. The summed E-state index contributed by atoms with van der Waals surface area (Å²) in [4.78, 5) is 10.9. The molecule has 0 amide bonds. The van der Waals surface area contributed by atoms with Gasteiger partial charge in [-0.05, 0) is 13.0 Å². The van der Waals surface area contributed by atoms with Gasteiger partial charge in [-0.25, -0.2) is 18.3 Å². The van der Waals surface area contributed by atoms with Gasteiger partial charge in [0.2, 0.25) is 0 Å². The fraction of sp³-hybridized carbons (Fsp3) is 0.167. The number of hydrogen-bond acceptors (Lipinski definition) is 3. The number of nitrogen functional groups attached to an aromatic ring is 1. The fourth-order valence-electron chi connectivity index (χ4n) is 1.70. The summed E-state index contributed by atoms with van der Waals surface area (Å²) in [6, 6.07) is 3.13. The summed E-state index contributed by atoms with van der Waals surface area (Å²) >= 11 is 0. The first-order chi connectivity index (χ1) is 8.90. The minimum atomic E-state index is -1.21. The topological polar surface area (TPSA) is 81.1 Å². The summed E-state index contributed by atoms with van der Waals surface area (Å²) in [5, 5.41) is 12.7. The van der Waals surface area contributed by atoms with Gasteiger partial charge in [-0.2, -0.15) is 5.10 Å². The molecule has 19 heavy (non-hydrogen) atoms. The van der Waals surface area contributed by atoms with Crippen molar-refractivity contribution in [3.63, 3.8) is 0 Å². The number of aromatic nitrogens is 2. The number of carbonyl (C=O) groups is 1. The Morgan fingerprint density at radius 1 is 1.47 bits per heavy atom. The zero-order chi connectivity index (χ0) is 14.2. The highest BCUT2D eigenvalue weighted by molar-refractivity contribution is 5.88. The Morgan fingerprint density at radius 2 is 2.16 bits per heavy atom. The Balaban J connectivity index is 2.38. The van der Waals surface area contributed by atoms with Gasteiger partial charge in [0.05, 0.1) is 6.54 Å². The molecule has 5 nitrogen and oxygen atoms in total. The number of nitrogens with two attached hydrogens (primary N) is 1. The minimum Gasteiger partial charge on any atom is -0.476 e. The largest absolute Gasteiger partial charge is 0.476 e. The second-order valence-electron chi connectivity index (χ2n) is 4.06. The van der Waals surface area contributed by atoms with Gasteiger partial charge in [0, 0.05) is 17.2 Å². The molecule has 0 radical (unpaired) electrons. The lowest BCUT2D eigenvalue weighted by molar-refractivity contribution is 0.0688. The van der Waals surface area contributed by atoms with E-state index in [1.807, 2.05) is 0 Å². The van der Waals surface area contributed by atoms with E-state index in [0.717, 1.165) is 12.1 Å². The molecule has 0 aliphatic rings. The molecule has 0 fully saturated rings. The van der Waals surface area contributed by atoms with E-state index in [1.165, 1.54) is 17.7 Å². The van der Waals surface area contributed by atoms with Crippen molar-refractivity contribution in [1.29, 1.82) is 0 Å². The molecule has 0 bridgehead atoms. The first-order valence-corrected chi connectivity index (χ1v) is 5.40.